The van der Waals surface area contributed by atoms with E-state index in [0.717, 1.165) is 24.3 Å². The zero-order valence-corrected chi connectivity index (χ0v) is 24.3. The summed E-state index contributed by atoms with van der Waals surface area (Å²) in [5.74, 6) is -0.885. The molecular formula is C34H39N2O3+. The number of para-hydroxylation sites is 1. The van der Waals surface area contributed by atoms with Crippen molar-refractivity contribution in [1.29, 1.82) is 0 Å². The molecule has 0 aromatic heterocycles. The number of benzene rings is 2. The lowest BCUT2D eigenvalue weighted by Crippen LogP contribution is -2.58. The van der Waals surface area contributed by atoms with Gasteiger partial charge in [-0.15, -0.1) is 0 Å². The standard InChI is InChI=1S/C34H38N2O3/c1-31(2)17-35-24-12-10-9-11-22(24)33(5,6)26(35)20-16-21-27-34(7,8)23-15-19(30(37)38)13-14-25(23)36(27)18-32(3,4)29(21)39-28(20)31/h9-16,28-29H,17-18H2,1-8H3/p+1. The van der Waals surface area contributed by atoms with Crippen LogP contribution in [0.5, 0.6) is 0 Å². The predicted molar refractivity (Wildman–Crippen MR) is 154 cm³/mol. The van der Waals surface area contributed by atoms with Crippen LogP contribution in [0.15, 0.2) is 65.4 Å². The number of nitrogens with zero attached hydrogens (tertiary/aromatic N) is 2. The van der Waals surface area contributed by atoms with Gasteiger partial charge in [-0.25, -0.2) is 4.79 Å². The Kier molecular flexibility index (Phi) is 4.65. The molecule has 7 rings (SSSR count). The molecule has 5 aliphatic heterocycles. The monoisotopic (exact) mass is 523 g/mol. The first-order valence-electron chi connectivity index (χ1n) is 14.2. The topological polar surface area (TPSA) is 52.8 Å². The van der Waals surface area contributed by atoms with Crippen LogP contribution < -0.4 is 4.90 Å². The van der Waals surface area contributed by atoms with E-state index in [1.54, 1.807) is 6.07 Å². The second-order valence-electron chi connectivity index (χ2n) is 14.6. The van der Waals surface area contributed by atoms with Gasteiger partial charge in [0.15, 0.2) is 12.3 Å². The highest BCUT2D eigenvalue weighted by molar-refractivity contribution is 6.09. The summed E-state index contributed by atoms with van der Waals surface area (Å²) in [5, 5.41) is 9.74. The Bertz CT molecular complexity index is 1580. The number of hydrogen-bond donors (Lipinski definition) is 1. The van der Waals surface area contributed by atoms with Crippen LogP contribution in [0.1, 0.15) is 76.9 Å². The normalized spacial score (nSPS) is 28.1. The number of fused-ring (bicyclic) bond motifs is 8. The summed E-state index contributed by atoms with van der Waals surface area (Å²) in [6.07, 6.45) is 2.44. The first kappa shape index (κ1) is 24.8. The maximum absolute atomic E-state index is 11.9. The molecule has 0 aliphatic carbocycles. The summed E-state index contributed by atoms with van der Waals surface area (Å²) in [4.78, 5) is 14.3. The number of anilines is 1. The maximum Gasteiger partial charge on any atom is 0.335 e. The minimum atomic E-state index is -0.885. The van der Waals surface area contributed by atoms with Gasteiger partial charge in [0.05, 0.1) is 22.5 Å². The average molecular weight is 524 g/mol. The number of carboxylic acids is 1. The average Bonchev–Trinajstić information content (AvgIpc) is 3.21. The van der Waals surface area contributed by atoms with Gasteiger partial charge in [0, 0.05) is 51.5 Å². The summed E-state index contributed by atoms with van der Waals surface area (Å²) in [6, 6.07) is 14.5. The molecule has 2 atom stereocenters. The van der Waals surface area contributed by atoms with Gasteiger partial charge in [0.2, 0.25) is 5.69 Å². The quantitative estimate of drug-likeness (QED) is 0.429. The van der Waals surface area contributed by atoms with Gasteiger partial charge in [-0.3, -0.25) is 0 Å². The van der Waals surface area contributed by atoms with Crippen LogP contribution in [-0.4, -0.2) is 46.7 Å². The molecule has 0 radical (unpaired) electrons. The summed E-state index contributed by atoms with van der Waals surface area (Å²) < 4.78 is 9.84. The molecule has 2 unspecified atom stereocenters. The number of ether oxygens (including phenoxy) is 1. The Morgan fingerprint density at radius 3 is 2.36 bits per heavy atom. The predicted octanol–water partition coefficient (Wildman–Crippen LogP) is 6.59. The van der Waals surface area contributed by atoms with E-state index in [9.17, 15) is 9.90 Å². The fourth-order valence-electron chi connectivity index (χ4n) is 8.35. The van der Waals surface area contributed by atoms with E-state index in [0.29, 0.717) is 5.56 Å². The van der Waals surface area contributed by atoms with Crippen molar-refractivity contribution in [3.8, 4) is 0 Å². The minimum absolute atomic E-state index is 0.00279. The Morgan fingerprint density at radius 2 is 1.64 bits per heavy atom. The molecule has 0 saturated heterocycles. The van der Waals surface area contributed by atoms with Gasteiger partial charge < -0.3 is 14.7 Å². The summed E-state index contributed by atoms with van der Waals surface area (Å²) in [7, 11) is 0. The van der Waals surface area contributed by atoms with Gasteiger partial charge in [-0.05, 0) is 43.7 Å². The van der Waals surface area contributed by atoms with Gasteiger partial charge in [0.1, 0.15) is 6.10 Å². The van der Waals surface area contributed by atoms with Gasteiger partial charge in [-0.2, -0.15) is 4.58 Å². The lowest BCUT2D eigenvalue weighted by molar-refractivity contribution is -0.466. The largest absolute Gasteiger partial charge is 0.478 e. The van der Waals surface area contributed by atoms with Gasteiger partial charge >= 0.3 is 5.97 Å². The Labute approximate surface area is 231 Å². The number of hydrogen-bond acceptors (Lipinski definition) is 3. The Morgan fingerprint density at radius 1 is 0.923 bits per heavy atom. The van der Waals surface area contributed by atoms with Crippen molar-refractivity contribution in [3.63, 3.8) is 0 Å². The Hall–Kier alpha value is -3.18. The molecule has 2 aromatic carbocycles. The van der Waals surface area contributed by atoms with E-state index in [1.165, 1.54) is 33.8 Å². The number of allylic oxidation sites excluding steroid dienone is 1. The van der Waals surface area contributed by atoms with Crippen LogP contribution in [0, 0.1) is 10.8 Å². The highest BCUT2D eigenvalue weighted by Crippen LogP contribution is 2.58. The molecule has 0 bridgehead atoms. The first-order valence-corrected chi connectivity index (χ1v) is 14.2. The van der Waals surface area contributed by atoms with Crippen molar-refractivity contribution >= 4 is 23.1 Å². The molecule has 202 valence electrons. The SMILES string of the molecule is CC1(C)C2=C3C=C4C5=[N+](CC(C)(C)C4OC3C(C)(C)CN2c2ccc(C(=O)O)cc21)c1ccccc1C5(C)C. The molecule has 5 heterocycles. The van der Waals surface area contributed by atoms with Crippen molar-refractivity contribution in [2.45, 2.75) is 78.4 Å². The molecule has 0 fully saturated rings. The number of rotatable bonds is 1. The van der Waals surface area contributed by atoms with Crippen LogP contribution in [0.25, 0.3) is 0 Å². The molecule has 0 amide bonds. The van der Waals surface area contributed by atoms with E-state index < -0.39 is 5.97 Å². The van der Waals surface area contributed by atoms with Gasteiger partial charge in [-0.1, -0.05) is 59.7 Å². The molecule has 1 N–H and O–H groups in total. The fraction of sp³-hybridized carbons (Fsp3) is 0.471. The molecule has 39 heavy (non-hydrogen) atoms. The molecule has 0 spiro atoms. The van der Waals surface area contributed by atoms with E-state index in [4.69, 9.17) is 4.74 Å². The smallest absolute Gasteiger partial charge is 0.335 e. The highest BCUT2D eigenvalue weighted by Gasteiger charge is 2.60. The van der Waals surface area contributed by atoms with E-state index >= 15 is 0 Å². The zero-order valence-electron chi connectivity index (χ0n) is 24.3. The van der Waals surface area contributed by atoms with Crippen LogP contribution >= 0.6 is 0 Å². The summed E-state index contributed by atoms with van der Waals surface area (Å²) >= 11 is 0. The summed E-state index contributed by atoms with van der Waals surface area (Å²) in [6.45, 7) is 20.2. The number of carbonyl (C=O) groups is 1. The van der Waals surface area contributed by atoms with Gasteiger partial charge in [0.25, 0.3) is 0 Å². The minimum Gasteiger partial charge on any atom is -0.478 e. The first-order chi connectivity index (χ1) is 18.2. The van der Waals surface area contributed by atoms with Crippen molar-refractivity contribution in [2.75, 3.05) is 18.0 Å². The molecular weight excluding hydrogens is 484 g/mol. The third-order valence-electron chi connectivity index (χ3n) is 10.0. The van der Waals surface area contributed by atoms with Crippen molar-refractivity contribution in [1.82, 2.24) is 0 Å². The summed E-state index contributed by atoms with van der Waals surface area (Å²) in [5.41, 5.74) is 9.68. The number of aromatic carboxylic acids is 1. The fourth-order valence-corrected chi connectivity index (χ4v) is 8.35. The third kappa shape index (κ3) is 3.05. The molecule has 5 aliphatic rings. The lowest BCUT2D eigenvalue weighted by atomic mass is 9.66. The number of carboxylic acid groups (broad SMARTS) is 1. The molecule has 2 aromatic rings. The Balaban J connectivity index is 1.50. The van der Waals surface area contributed by atoms with Crippen molar-refractivity contribution < 1.29 is 19.2 Å². The lowest BCUT2D eigenvalue weighted by Gasteiger charge is -2.52. The van der Waals surface area contributed by atoms with Crippen molar-refractivity contribution in [2.24, 2.45) is 10.8 Å². The molecule has 0 saturated carbocycles. The zero-order chi connectivity index (χ0) is 27.9. The maximum atomic E-state index is 11.9. The molecule has 5 nitrogen and oxygen atoms in total. The van der Waals surface area contributed by atoms with E-state index in [-0.39, 0.29) is 33.9 Å². The van der Waals surface area contributed by atoms with Crippen LogP contribution in [0.4, 0.5) is 11.4 Å². The van der Waals surface area contributed by atoms with Crippen LogP contribution in [0.3, 0.4) is 0 Å². The second-order valence-corrected chi connectivity index (χ2v) is 14.6. The van der Waals surface area contributed by atoms with Crippen LogP contribution in [-0.2, 0) is 15.6 Å². The van der Waals surface area contributed by atoms with Crippen LogP contribution in [0.2, 0.25) is 0 Å². The highest BCUT2D eigenvalue weighted by atomic mass is 16.5. The van der Waals surface area contributed by atoms with E-state index in [1.807, 2.05) is 12.1 Å². The second kappa shape index (κ2) is 7.31. The third-order valence-corrected chi connectivity index (χ3v) is 10.0. The molecule has 5 heteroatoms. The van der Waals surface area contributed by atoms with E-state index in [2.05, 4.69) is 95.2 Å². The van der Waals surface area contributed by atoms with Crippen molar-refractivity contribution in [3.05, 3.63) is 82.1 Å².